The molecule has 0 fully saturated rings. The Morgan fingerprint density at radius 2 is 2.12 bits per heavy atom. The zero-order chi connectivity index (χ0) is 18.0. The van der Waals surface area contributed by atoms with Crippen LogP contribution in [0.5, 0.6) is 5.75 Å². The van der Waals surface area contributed by atoms with Gasteiger partial charge in [0.2, 0.25) is 5.95 Å². The number of ether oxygens (including phenoxy) is 1. The number of benzene rings is 1. The fraction of sp³-hybridized carbons (Fsp3) is 0.375. The molecule has 25 heavy (non-hydrogen) atoms. The smallest absolute Gasteiger partial charge is 0.273 e. The molecule has 1 aliphatic rings. The van der Waals surface area contributed by atoms with Crippen molar-refractivity contribution in [3.63, 3.8) is 0 Å². The monoisotopic (exact) mass is 343 g/mol. The SMILES string of the molecule is CNc1nc(Nc2cc3c(cc2OC)CN(C)CC3)nnc1C(N)=O. The van der Waals surface area contributed by atoms with Crippen LogP contribution in [0.25, 0.3) is 0 Å². The van der Waals surface area contributed by atoms with Crippen molar-refractivity contribution in [3.05, 3.63) is 29.0 Å². The number of nitrogens with zero attached hydrogens (tertiary/aromatic N) is 4. The van der Waals surface area contributed by atoms with Gasteiger partial charge in [0.05, 0.1) is 12.8 Å². The number of primary amides is 1. The van der Waals surface area contributed by atoms with Crippen LogP contribution in [0.2, 0.25) is 0 Å². The molecule has 1 aromatic carbocycles. The van der Waals surface area contributed by atoms with Crippen LogP contribution in [0.1, 0.15) is 21.6 Å². The molecule has 2 heterocycles. The largest absolute Gasteiger partial charge is 0.495 e. The number of carbonyl (C=O) groups excluding carboxylic acids is 1. The van der Waals surface area contributed by atoms with E-state index in [0.717, 1.165) is 25.2 Å². The molecule has 0 saturated heterocycles. The highest BCUT2D eigenvalue weighted by Crippen LogP contribution is 2.32. The van der Waals surface area contributed by atoms with Gasteiger partial charge in [0.25, 0.3) is 5.91 Å². The van der Waals surface area contributed by atoms with E-state index in [9.17, 15) is 4.79 Å². The number of methoxy groups -OCH3 is 1. The molecule has 3 rings (SSSR count). The minimum absolute atomic E-state index is 0.00602. The summed E-state index contributed by atoms with van der Waals surface area (Å²) in [5, 5.41) is 13.7. The van der Waals surface area contributed by atoms with Crippen molar-refractivity contribution in [1.82, 2.24) is 20.1 Å². The average molecular weight is 343 g/mol. The predicted octanol–water partition coefficient (Wildman–Crippen LogP) is 0.752. The van der Waals surface area contributed by atoms with E-state index in [4.69, 9.17) is 10.5 Å². The molecule has 1 amide bonds. The quantitative estimate of drug-likeness (QED) is 0.728. The van der Waals surface area contributed by atoms with Crippen LogP contribution in [0.3, 0.4) is 0 Å². The Labute approximate surface area is 145 Å². The predicted molar refractivity (Wildman–Crippen MR) is 94.2 cm³/mol. The summed E-state index contributed by atoms with van der Waals surface area (Å²) >= 11 is 0. The van der Waals surface area contributed by atoms with Crippen LogP contribution < -0.4 is 21.1 Å². The van der Waals surface area contributed by atoms with Gasteiger partial charge in [-0.3, -0.25) is 4.79 Å². The van der Waals surface area contributed by atoms with Crippen LogP contribution in [-0.4, -0.2) is 53.7 Å². The summed E-state index contributed by atoms with van der Waals surface area (Å²) in [5.74, 6) is 0.526. The highest BCUT2D eigenvalue weighted by molar-refractivity contribution is 5.95. The fourth-order valence-corrected chi connectivity index (χ4v) is 2.83. The van der Waals surface area contributed by atoms with E-state index in [1.54, 1.807) is 14.2 Å². The second-order valence-corrected chi connectivity index (χ2v) is 5.88. The van der Waals surface area contributed by atoms with Gasteiger partial charge < -0.3 is 26.0 Å². The van der Waals surface area contributed by atoms with E-state index in [-0.39, 0.29) is 17.5 Å². The zero-order valence-electron chi connectivity index (χ0n) is 14.5. The van der Waals surface area contributed by atoms with E-state index in [1.807, 2.05) is 12.1 Å². The molecule has 0 aliphatic carbocycles. The van der Waals surface area contributed by atoms with Crippen LogP contribution >= 0.6 is 0 Å². The minimum atomic E-state index is -0.689. The van der Waals surface area contributed by atoms with E-state index < -0.39 is 5.91 Å². The van der Waals surface area contributed by atoms with E-state index >= 15 is 0 Å². The maximum Gasteiger partial charge on any atom is 0.273 e. The number of aromatic nitrogens is 3. The summed E-state index contributed by atoms with van der Waals surface area (Å²) in [6, 6.07) is 4.07. The molecular formula is C16H21N7O2. The highest BCUT2D eigenvalue weighted by atomic mass is 16.5. The number of amides is 1. The Kier molecular flexibility index (Phi) is 4.66. The van der Waals surface area contributed by atoms with Gasteiger partial charge in [0, 0.05) is 20.1 Å². The molecule has 0 spiro atoms. The first-order valence-electron chi connectivity index (χ1n) is 7.89. The maximum atomic E-state index is 11.3. The van der Waals surface area contributed by atoms with E-state index in [2.05, 4.69) is 37.8 Å². The second kappa shape index (κ2) is 6.89. The van der Waals surface area contributed by atoms with Gasteiger partial charge in [-0.2, -0.15) is 4.98 Å². The lowest BCUT2D eigenvalue weighted by molar-refractivity contribution is 0.0995. The summed E-state index contributed by atoms with van der Waals surface area (Å²) in [6.07, 6.45) is 0.964. The van der Waals surface area contributed by atoms with E-state index in [1.165, 1.54) is 11.1 Å². The second-order valence-electron chi connectivity index (χ2n) is 5.88. The molecule has 0 radical (unpaired) electrons. The topological polar surface area (TPSA) is 118 Å². The molecule has 9 heteroatoms. The van der Waals surface area contributed by atoms with Gasteiger partial charge in [-0.1, -0.05) is 0 Å². The third-order valence-electron chi connectivity index (χ3n) is 4.13. The first-order chi connectivity index (χ1) is 12.0. The lowest BCUT2D eigenvalue weighted by Crippen LogP contribution is -2.26. The van der Waals surface area contributed by atoms with Crippen molar-refractivity contribution in [1.29, 1.82) is 0 Å². The van der Waals surface area contributed by atoms with Gasteiger partial charge in [-0.25, -0.2) is 0 Å². The Morgan fingerprint density at radius 3 is 2.80 bits per heavy atom. The lowest BCUT2D eigenvalue weighted by Gasteiger charge is -2.26. The van der Waals surface area contributed by atoms with Crippen molar-refractivity contribution in [2.75, 3.05) is 38.4 Å². The summed E-state index contributed by atoms with van der Waals surface area (Å²) in [4.78, 5) is 17.8. The number of hydrogen-bond acceptors (Lipinski definition) is 8. The van der Waals surface area contributed by atoms with Gasteiger partial charge in [0.1, 0.15) is 5.75 Å². The van der Waals surface area contributed by atoms with E-state index in [0.29, 0.717) is 5.75 Å². The number of nitrogens with two attached hydrogens (primary N) is 1. The molecule has 132 valence electrons. The molecule has 2 aromatic rings. The third kappa shape index (κ3) is 3.45. The Balaban J connectivity index is 1.94. The number of rotatable bonds is 5. The highest BCUT2D eigenvalue weighted by Gasteiger charge is 2.18. The molecule has 0 atom stereocenters. The number of anilines is 3. The first kappa shape index (κ1) is 16.9. The molecule has 1 aliphatic heterocycles. The number of carbonyl (C=O) groups is 1. The molecule has 1 aromatic heterocycles. The summed E-state index contributed by atoms with van der Waals surface area (Å²) < 4.78 is 5.49. The Hall–Kier alpha value is -2.94. The molecule has 0 unspecified atom stereocenters. The maximum absolute atomic E-state index is 11.3. The minimum Gasteiger partial charge on any atom is -0.495 e. The van der Waals surface area contributed by atoms with Gasteiger partial charge in [0.15, 0.2) is 11.5 Å². The van der Waals surface area contributed by atoms with Crippen molar-refractivity contribution in [2.24, 2.45) is 5.73 Å². The Morgan fingerprint density at radius 1 is 1.32 bits per heavy atom. The molecule has 4 N–H and O–H groups in total. The number of hydrogen-bond donors (Lipinski definition) is 3. The van der Waals surface area contributed by atoms with Gasteiger partial charge in [-0.05, 0) is 36.7 Å². The van der Waals surface area contributed by atoms with Crippen LogP contribution in [0.4, 0.5) is 17.5 Å². The number of likely N-dealkylation sites (N-methyl/N-ethyl adjacent to an activating group) is 1. The van der Waals surface area contributed by atoms with Crippen molar-refractivity contribution in [2.45, 2.75) is 13.0 Å². The fourth-order valence-electron chi connectivity index (χ4n) is 2.83. The third-order valence-corrected chi connectivity index (χ3v) is 4.13. The van der Waals surface area contributed by atoms with Crippen molar-refractivity contribution >= 4 is 23.4 Å². The van der Waals surface area contributed by atoms with Crippen LogP contribution in [0, 0.1) is 0 Å². The lowest BCUT2D eigenvalue weighted by atomic mass is 9.99. The Bertz CT molecular complexity index is 809. The summed E-state index contributed by atoms with van der Waals surface area (Å²) in [5.41, 5.74) is 8.51. The first-order valence-corrected chi connectivity index (χ1v) is 7.89. The standard InChI is InChI=1S/C16H21N7O2/c1-18-15-13(14(17)24)21-22-16(20-15)19-11-6-9-4-5-23(2)8-10(9)7-12(11)25-3/h6-7H,4-5,8H2,1-3H3,(H2,17,24)(H2,18,19,20,22). The van der Waals surface area contributed by atoms with Gasteiger partial charge in [-0.15, -0.1) is 10.2 Å². The van der Waals surface area contributed by atoms with Crippen molar-refractivity contribution < 1.29 is 9.53 Å². The normalized spacial score (nSPS) is 13.9. The molecule has 0 bridgehead atoms. The zero-order valence-corrected chi connectivity index (χ0v) is 14.5. The summed E-state index contributed by atoms with van der Waals surface area (Å²) in [7, 11) is 5.35. The number of nitrogens with one attached hydrogen (secondary N) is 2. The van der Waals surface area contributed by atoms with Crippen LogP contribution in [0.15, 0.2) is 12.1 Å². The molecular weight excluding hydrogens is 322 g/mol. The van der Waals surface area contributed by atoms with Crippen molar-refractivity contribution in [3.8, 4) is 5.75 Å². The van der Waals surface area contributed by atoms with Crippen LogP contribution in [-0.2, 0) is 13.0 Å². The molecule has 9 nitrogen and oxygen atoms in total. The summed E-state index contributed by atoms with van der Waals surface area (Å²) in [6.45, 7) is 1.90. The van der Waals surface area contributed by atoms with Gasteiger partial charge >= 0.3 is 0 Å². The molecule has 0 saturated carbocycles. The number of fused-ring (bicyclic) bond motifs is 1. The average Bonchev–Trinajstić information content (AvgIpc) is 2.61.